The summed E-state index contributed by atoms with van der Waals surface area (Å²) in [5.41, 5.74) is 7.21. The van der Waals surface area contributed by atoms with Crippen molar-refractivity contribution in [3.8, 4) is 0 Å². The fourth-order valence-corrected chi connectivity index (χ4v) is 3.77. The molecule has 90 valence electrons. The fourth-order valence-electron chi connectivity index (χ4n) is 3.08. The largest absolute Gasteiger partial charge is 0.399 e. The van der Waals surface area contributed by atoms with Gasteiger partial charge in [0.15, 0.2) is 0 Å². The van der Waals surface area contributed by atoms with Gasteiger partial charge in [0.1, 0.15) is 0 Å². The van der Waals surface area contributed by atoms with Crippen molar-refractivity contribution in [2.24, 2.45) is 5.92 Å². The number of halogens is 1. The molecule has 1 aromatic carbocycles. The van der Waals surface area contributed by atoms with Crippen LogP contribution in [0.3, 0.4) is 0 Å². The molecule has 0 spiro atoms. The average molecular weight is 342 g/mol. The third kappa shape index (κ3) is 2.03. The molecule has 2 N–H and O–H groups in total. The van der Waals surface area contributed by atoms with E-state index in [2.05, 4.69) is 22.6 Å². The van der Waals surface area contributed by atoms with Crippen LogP contribution in [0.5, 0.6) is 0 Å². The van der Waals surface area contributed by atoms with E-state index in [-0.39, 0.29) is 5.91 Å². The highest BCUT2D eigenvalue weighted by molar-refractivity contribution is 14.1. The van der Waals surface area contributed by atoms with Gasteiger partial charge in [-0.3, -0.25) is 4.79 Å². The highest BCUT2D eigenvalue weighted by Gasteiger charge is 2.40. The summed E-state index contributed by atoms with van der Waals surface area (Å²) in [5, 5.41) is 0. The minimum atomic E-state index is 0.155. The number of likely N-dealkylation sites (tertiary alicyclic amines) is 1. The van der Waals surface area contributed by atoms with Gasteiger partial charge in [0.25, 0.3) is 5.91 Å². The third-order valence-corrected chi connectivity index (χ3v) is 4.46. The Bertz CT molecular complexity index is 454. The van der Waals surface area contributed by atoms with Crippen LogP contribution in [0.25, 0.3) is 0 Å². The normalized spacial score (nSPS) is 26.5. The number of hydrogen-bond donors (Lipinski definition) is 1. The molecule has 2 fully saturated rings. The highest BCUT2D eigenvalue weighted by atomic mass is 127. The van der Waals surface area contributed by atoms with Crippen LogP contribution in [0, 0.1) is 9.49 Å². The molecule has 1 saturated carbocycles. The monoisotopic (exact) mass is 342 g/mol. The van der Waals surface area contributed by atoms with E-state index in [1.807, 2.05) is 17.0 Å². The maximum atomic E-state index is 12.4. The number of nitrogen functional groups attached to an aromatic ring is 1. The first-order valence-corrected chi connectivity index (χ1v) is 7.08. The number of carbonyl (C=O) groups is 1. The Hall–Kier alpha value is -0.780. The molecule has 2 aliphatic rings. The summed E-state index contributed by atoms with van der Waals surface area (Å²) in [6.45, 7) is 0.939. The van der Waals surface area contributed by atoms with Gasteiger partial charge >= 0.3 is 0 Å². The molecular weight excluding hydrogens is 327 g/mol. The summed E-state index contributed by atoms with van der Waals surface area (Å²) < 4.78 is 1.02. The number of benzene rings is 1. The smallest absolute Gasteiger partial charge is 0.254 e. The number of fused-ring (bicyclic) bond motifs is 2. The molecule has 1 amide bonds. The van der Waals surface area contributed by atoms with Gasteiger partial charge < -0.3 is 10.6 Å². The lowest BCUT2D eigenvalue weighted by Gasteiger charge is -2.27. The second-order valence-electron chi connectivity index (χ2n) is 5.06. The van der Waals surface area contributed by atoms with Crippen molar-refractivity contribution in [1.29, 1.82) is 0 Å². The minimum absolute atomic E-state index is 0.155. The van der Waals surface area contributed by atoms with Gasteiger partial charge in [-0.25, -0.2) is 0 Å². The van der Waals surface area contributed by atoms with E-state index in [1.165, 1.54) is 19.3 Å². The number of hydrogen-bond acceptors (Lipinski definition) is 2. The van der Waals surface area contributed by atoms with Gasteiger partial charge in [-0.05, 0) is 66.0 Å². The number of anilines is 1. The van der Waals surface area contributed by atoms with Crippen LogP contribution in [-0.4, -0.2) is 23.4 Å². The topological polar surface area (TPSA) is 46.3 Å². The Kier molecular flexibility index (Phi) is 2.77. The van der Waals surface area contributed by atoms with Crippen molar-refractivity contribution in [2.75, 3.05) is 12.3 Å². The van der Waals surface area contributed by atoms with Crippen molar-refractivity contribution in [1.82, 2.24) is 4.90 Å². The summed E-state index contributed by atoms with van der Waals surface area (Å²) in [5.74, 6) is 0.895. The number of nitrogens with two attached hydrogens (primary N) is 1. The predicted molar refractivity (Wildman–Crippen MR) is 75.7 cm³/mol. The summed E-state index contributed by atoms with van der Waals surface area (Å²) in [4.78, 5) is 14.4. The molecule has 4 heteroatoms. The van der Waals surface area contributed by atoms with Crippen molar-refractivity contribution in [2.45, 2.75) is 25.3 Å². The predicted octanol–water partition coefficient (Wildman–Crippen LogP) is 2.50. The Morgan fingerprint density at radius 2 is 2.18 bits per heavy atom. The zero-order chi connectivity index (χ0) is 12.0. The summed E-state index contributed by atoms with van der Waals surface area (Å²) in [7, 11) is 0. The lowest BCUT2D eigenvalue weighted by Crippen LogP contribution is -2.37. The zero-order valence-electron chi connectivity index (χ0n) is 9.53. The van der Waals surface area contributed by atoms with Crippen molar-refractivity contribution >= 4 is 34.2 Å². The lowest BCUT2D eigenvalue weighted by atomic mass is 10.1. The zero-order valence-corrected chi connectivity index (χ0v) is 11.7. The van der Waals surface area contributed by atoms with Crippen LogP contribution in [0.15, 0.2) is 18.2 Å². The van der Waals surface area contributed by atoms with Crippen molar-refractivity contribution in [3.63, 3.8) is 0 Å². The first-order chi connectivity index (χ1) is 8.13. The molecule has 2 atom stereocenters. The van der Waals surface area contributed by atoms with E-state index in [4.69, 9.17) is 5.73 Å². The summed E-state index contributed by atoms with van der Waals surface area (Å²) >= 11 is 2.20. The van der Waals surface area contributed by atoms with E-state index in [0.717, 1.165) is 21.6 Å². The van der Waals surface area contributed by atoms with Crippen LogP contribution in [0.2, 0.25) is 0 Å². The Morgan fingerprint density at radius 1 is 1.35 bits per heavy atom. The van der Waals surface area contributed by atoms with Crippen LogP contribution >= 0.6 is 22.6 Å². The first-order valence-electron chi connectivity index (χ1n) is 6.00. The summed E-state index contributed by atoms with van der Waals surface area (Å²) in [6.07, 6.45) is 3.67. The molecule has 3 rings (SSSR count). The van der Waals surface area contributed by atoms with Crippen molar-refractivity contribution < 1.29 is 4.79 Å². The van der Waals surface area contributed by atoms with Gasteiger partial charge in [-0.15, -0.1) is 0 Å². The third-order valence-electron chi connectivity index (χ3n) is 3.84. The number of carbonyl (C=O) groups excluding carboxylic acids is 1. The van der Waals surface area contributed by atoms with E-state index in [1.54, 1.807) is 6.07 Å². The van der Waals surface area contributed by atoms with Crippen LogP contribution in [0.1, 0.15) is 29.6 Å². The number of nitrogens with zero attached hydrogens (tertiary/aromatic N) is 1. The van der Waals surface area contributed by atoms with E-state index in [9.17, 15) is 4.79 Å². The molecule has 1 aromatic rings. The average Bonchev–Trinajstić information content (AvgIpc) is 2.88. The number of piperidine rings is 1. The molecule has 2 bridgehead atoms. The molecule has 3 nitrogen and oxygen atoms in total. The van der Waals surface area contributed by atoms with E-state index < -0.39 is 0 Å². The Morgan fingerprint density at radius 3 is 2.76 bits per heavy atom. The summed E-state index contributed by atoms with van der Waals surface area (Å²) in [6, 6.07) is 6.07. The van der Waals surface area contributed by atoms with E-state index in [0.29, 0.717) is 11.7 Å². The second kappa shape index (κ2) is 4.15. The van der Waals surface area contributed by atoms with Crippen LogP contribution < -0.4 is 5.73 Å². The molecular formula is C13H15IN2O. The second-order valence-corrected chi connectivity index (χ2v) is 6.31. The maximum absolute atomic E-state index is 12.4. The lowest BCUT2D eigenvalue weighted by molar-refractivity contribution is 0.0703. The Balaban J connectivity index is 1.86. The molecule has 0 aromatic heterocycles. The number of rotatable bonds is 1. The molecule has 17 heavy (non-hydrogen) atoms. The van der Waals surface area contributed by atoms with Gasteiger partial charge in [0.2, 0.25) is 0 Å². The van der Waals surface area contributed by atoms with Gasteiger partial charge in [0.05, 0.1) is 0 Å². The highest BCUT2D eigenvalue weighted by Crippen LogP contribution is 2.38. The van der Waals surface area contributed by atoms with Gasteiger partial charge in [-0.1, -0.05) is 0 Å². The van der Waals surface area contributed by atoms with Crippen molar-refractivity contribution in [3.05, 3.63) is 27.3 Å². The van der Waals surface area contributed by atoms with Gasteiger partial charge in [0, 0.05) is 27.4 Å². The molecule has 1 heterocycles. The fraction of sp³-hybridized carbons (Fsp3) is 0.462. The molecule has 1 aliphatic carbocycles. The standard InChI is InChI=1S/C13H15IN2O/c14-10-4-9(5-11(15)6-10)13(17)16-7-8-1-2-12(16)3-8/h4-6,8,12H,1-3,7,15H2. The maximum Gasteiger partial charge on any atom is 0.254 e. The molecule has 2 unspecified atom stereocenters. The van der Waals surface area contributed by atoms with Gasteiger partial charge in [-0.2, -0.15) is 0 Å². The SMILES string of the molecule is Nc1cc(I)cc(C(=O)N2CC3CCC2C3)c1. The molecule has 1 aliphatic heterocycles. The molecule has 1 saturated heterocycles. The Labute approximate surface area is 114 Å². The van der Waals surface area contributed by atoms with Crippen LogP contribution in [0.4, 0.5) is 5.69 Å². The minimum Gasteiger partial charge on any atom is -0.399 e. The van der Waals surface area contributed by atoms with E-state index >= 15 is 0 Å². The first kappa shape index (κ1) is 11.3. The number of amides is 1. The molecule has 0 radical (unpaired) electrons. The quantitative estimate of drug-likeness (QED) is 0.630. The van der Waals surface area contributed by atoms with Crippen LogP contribution in [-0.2, 0) is 0 Å².